The number of hydrogen-bond donors (Lipinski definition) is 1. The molecule has 0 aromatic heterocycles. The zero-order valence-electron chi connectivity index (χ0n) is 8.83. The van der Waals surface area contributed by atoms with Crippen LogP contribution in [-0.2, 0) is 4.79 Å². The molecule has 0 saturated heterocycles. The molecule has 86 valence electrons. The van der Waals surface area contributed by atoms with Gasteiger partial charge in [0.2, 0.25) is 0 Å². The van der Waals surface area contributed by atoms with Crippen molar-refractivity contribution in [3.63, 3.8) is 0 Å². The number of hydrogen-bond acceptors (Lipinski definition) is 1. The number of rotatable bonds is 1. The predicted octanol–water partition coefficient (Wildman–Crippen LogP) is 1.74. The third-order valence-corrected chi connectivity index (χ3v) is 4.79. The molecule has 0 unspecified atom stereocenters. The Hall–Kier alpha value is -1.64. The third-order valence-electron chi connectivity index (χ3n) is 2.69. The Balaban J connectivity index is 2.07. The van der Waals surface area contributed by atoms with Gasteiger partial charge in [0.15, 0.2) is 0 Å². The van der Waals surface area contributed by atoms with Crippen LogP contribution in [0.2, 0.25) is 0 Å². The number of allylic oxidation sites excluding steroid dienone is 4. The van der Waals surface area contributed by atoms with Gasteiger partial charge in [-0.25, -0.2) is 0 Å². The maximum absolute atomic E-state index is 13.2. The average Bonchev–Trinajstić information content (AvgIpc) is 2.90. The zero-order chi connectivity index (χ0) is 11.8. The average molecular weight is 294 g/mol. The van der Waals surface area contributed by atoms with E-state index in [0.29, 0.717) is 16.8 Å². The van der Waals surface area contributed by atoms with E-state index in [0.717, 1.165) is 0 Å². The quantitative estimate of drug-likeness (QED) is 0.620. The van der Waals surface area contributed by atoms with Gasteiger partial charge in [-0.05, 0) is 0 Å². The molecule has 4 heteroatoms. The summed E-state index contributed by atoms with van der Waals surface area (Å²) in [5.41, 5.74) is 1.92. The number of amides is 1. The first-order valence-electron chi connectivity index (χ1n) is 5.20. The summed E-state index contributed by atoms with van der Waals surface area (Å²) in [7, 11) is 0. The van der Waals surface area contributed by atoms with Crippen LogP contribution in [0.15, 0.2) is 45.9 Å². The van der Waals surface area contributed by atoms with Crippen LogP contribution in [0.5, 0.6) is 0 Å². The van der Waals surface area contributed by atoms with E-state index in [1.807, 2.05) is 18.2 Å². The fourth-order valence-corrected chi connectivity index (χ4v) is 3.58. The second-order valence-corrected chi connectivity index (χ2v) is 6.34. The number of benzene rings is 1. The van der Waals surface area contributed by atoms with Crippen LogP contribution >= 0.6 is 0 Å². The van der Waals surface area contributed by atoms with E-state index in [4.69, 9.17) is 0 Å². The van der Waals surface area contributed by atoms with Crippen molar-refractivity contribution >= 4 is 32.1 Å². The minimum absolute atomic E-state index is 0.148. The molecule has 0 aliphatic carbocycles. The van der Waals surface area contributed by atoms with Crippen molar-refractivity contribution < 1.29 is 9.18 Å². The van der Waals surface area contributed by atoms with E-state index in [-0.39, 0.29) is 26.7 Å². The van der Waals surface area contributed by atoms with Crippen molar-refractivity contribution in [2.24, 2.45) is 0 Å². The first kappa shape index (κ1) is 10.5. The number of fused-ring (bicyclic) bond motifs is 1. The molecular formula is C13H10FNOSe. The molecular weight excluding hydrogens is 284 g/mol. The van der Waals surface area contributed by atoms with Crippen molar-refractivity contribution in [2.75, 3.05) is 5.32 Å². The van der Waals surface area contributed by atoms with Crippen LogP contribution in [0, 0.1) is 5.82 Å². The Labute approximate surface area is 104 Å². The Morgan fingerprint density at radius 3 is 3.00 bits per heavy atom. The van der Waals surface area contributed by atoms with Gasteiger partial charge < -0.3 is 0 Å². The molecule has 2 nitrogen and oxygen atoms in total. The standard InChI is InChI=1S/C13H10FNOSe/c14-8-3-4-12-10(6-8)11(13(16)15-12)7-9-2-1-5-17-9/h1-7H,17H2,(H,15,16)/b11-7-. The van der Waals surface area contributed by atoms with Crippen LogP contribution in [0.4, 0.5) is 10.1 Å². The molecule has 2 aliphatic heterocycles. The summed E-state index contributed by atoms with van der Waals surface area (Å²) < 4.78 is 14.4. The van der Waals surface area contributed by atoms with Crippen LogP contribution in [-0.4, -0.2) is 20.9 Å². The number of anilines is 1. The topological polar surface area (TPSA) is 29.1 Å². The molecule has 1 amide bonds. The fraction of sp³-hybridized carbons (Fsp3) is 0. The van der Waals surface area contributed by atoms with Gasteiger partial charge in [0, 0.05) is 0 Å². The number of nitrogens with one attached hydrogen (secondary N) is 1. The molecule has 0 bridgehead atoms. The Bertz CT molecular complexity index is 601. The van der Waals surface area contributed by atoms with Gasteiger partial charge >= 0.3 is 104 Å². The molecule has 3 rings (SSSR count). The van der Waals surface area contributed by atoms with E-state index in [9.17, 15) is 9.18 Å². The van der Waals surface area contributed by atoms with Crippen LogP contribution in [0.1, 0.15) is 5.56 Å². The van der Waals surface area contributed by atoms with Gasteiger partial charge in [-0.2, -0.15) is 0 Å². The van der Waals surface area contributed by atoms with Gasteiger partial charge in [-0.1, -0.05) is 0 Å². The van der Waals surface area contributed by atoms with E-state index >= 15 is 0 Å². The summed E-state index contributed by atoms with van der Waals surface area (Å²) in [6, 6.07) is 4.36. The van der Waals surface area contributed by atoms with E-state index in [2.05, 4.69) is 10.3 Å². The first-order valence-corrected chi connectivity index (χ1v) is 7.46. The molecule has 2 heterocycles. The maximum atomic E-state index is 13.2. The summed E-state index contributed by atoms with van der Waals surface area (Å²) in [6.07, 6.45) is 5.89. The van der Waals surface area contributed by atoms with Gasteiger partial charge in [-0.3, -0.25) is 0 Å². The van der Waals surface area contributed by atoms with Gasteiger partial charge in [0.05, 0.1) is 0 Å². The van der Waals surface area contributed by atoms with Crippen molar-refractivity contribution in [1.82, 2.24) is 0 Å². The van der Waals surface area contributed by atoms with Crippen LogP contribution in [0.3, 0.4) is 0 Å². The number of carbonyl (C=O) groups excluding carboxylic acids is 1. The molecule has 0 atom stereocenters. The minimum atomic E-state index is -0.319. The van der Waals surface area contributed by atoms with E-state index in [1.54, 1.807) is 6.07 Å². The summed E-state index contributed by atoms with van der Waals surface area (Å²) in [4.78, 5) is 13.9. The Morgan fingerprint density at radius 2 is 2.24 bits per heavy atom. The van der Waals surface area contributed by atoms with Crippen molar-refractivity contribution in [2.45, 2.75) is 0 Å². The molecule has 0 radical (unpaired) electrons. The zero-order valence-corrected chi connectivity index (χ0v) is 10.9. The van der Waals surface area contributed by atoms with Crippen molar-refractivity contribution in [1.29, 1.82) is 0 Å². The normalized spacial score (nSPS) is 21.8. The van der Waals surface area contributed by atoms with Gasteiger partial charge in [0.25, 0.3) is 0 Å². The van der Waals surface area contributed by atoms with E-state index < -0.39 is 0 Å². The van der Waals surface area contributed by atoms with Gasteiger partial charge in [0.1, 0.15) is 0 Å². The summed E-state index contributed by atoms with van der Waals surface area (Å²) >= 11 is -0.259. The Morgan fingerprint density at radius 1 is 1.35 bits per heavy atom. The van der Waals surface area contributed by atoms with Crippen LogP contribution in [0.25, 0.3) is 5.57 Å². The van der Waals surface area contributed by atoms with Crippen molar-refractivity contribution in [3.8, 4) is 0 Å². The second kappa shape index (κ2) is 3.99. The number of carbonyl (C=O) groups is 1. The molecule has 0 fully saturated rings. The molecule has 1 aromatic carbocycles. The van der Waals surface area contributed by atoms with Gasteiger partial charge in [-0.15, -0.1) is 0 Å². The predicted molar refractivity (Wildman–Crippen MR) is 68.8 cm³/mol. The molecule has 0 saturated carbocycles. The molecule has 2 aliphatic rings. The number of halogens is 1. The van der Waals surface area contributed by atoms with Crippen molar-refractivity contribution in [3.05, 3.63) is 57.3 Å². The molecule has 0 spiro atoms. The summed E-state index contributed by atoms with van der Waals surface area (Å²) in [6.45, 7) is 0. The molecule has 17 heavy (non-hydrogen) atoms. The SMILES string of the molecule is O=C1Nc2ccc(F)cc2/C1=C/C1=CC=C[SeH2]1. The Kier molecular flexibility index (Phi) is 2.46. The second-order valence-electron chi connectivity index (χ2n) is 3.83. The fourth-order valence-electron chi connectivity index (χ4n) is 1.89. The van der Waals surface area contributed by atoms with Crippen LogP contribution < -0.4 is 5.32 Å². The summed E-state index contributed by atoms with van der Waals surface area (Å²) in [5.74, 6) is -0.467. The molecule has 1 aromatic rings. The monoisotopic (exact) mass is 295 g/mol. The molecule has 1 N–H and O–H groups in total. The third kappa shape index (κ3) is 1.86. The summed E-state index contributed by atoms with van der Waals surface area (Å²) in [5, 5.41) is 2.74. The first-order chi connectivity index (χ1) is 8.24. The van der Waals surface area contributed by atoms with E-state index in [1.165, 1.54) is 16.6 Å².